The average Bonchev–Trinajstić information content (AvgIpc) is 2.54. The van der Waals surface area contributed by atoms with Gasteiger partial charge < -0.3 is 15.9 Å². The molecule has 4 heteroatoms. The number of hydrogen-bond donors (Lipinski definition) is 3. The van der Waals surface area contributed by atoms with E-state index in [0.29, 0.717) is 19.3 Å². The van der Waals surface area contributed by atoms with Crippen molar-refractivity contribution in [3.05, 3.63) is 0 Å². The molecule has 4 nitrogen and oxygen atoms in total. The maximum atomic E-state index is 12.0. The van der Waals surface area contributed by atoms with Gasteiger partial charge in [0.1, 0.15) is 0 Å². The van der Waals surface area contributed by atoms with Crippen molar-refractivity contribution in [2.75, 3.05) is 0 Å². The topological polar surface area (TPSA) is 83.6 Å². The second-order valence-corrected chi connectivity index (χ2v) is 8.39. The van der Waals surface area contributed by atoms with Crippen molar-refractivity contribution in [3.63, 3.8) is 0 Å². The lowest BCUT2D eigenvalue weighted by atomic mass is 9.73. The van der Waals surface area contributed by atoms with E-state index < -0.39 is 17.6 Å². The van der Waals surface area contributed by atoms with Crippen LogP contribution in [0.15, 0.2) is 0 Å². The zero-order chi connectivity index (χ0) is 19.8. The molecule has 0 fully saturated rings. The van der Waals surface area contributed by atoms with Crippen molar-refractivity contribution < 1.29 is 15.0 Å². The van der Waals surface area contributed by atoms with Crippen LogP contribution in [0.5, 0.6) is 0 Å². The monoisotopic (exact) mass is 371 g/mol. The predicted octanol–water partition coefficient (Wildman–Crippen LogP) is 5.09. The molecule has 4 N–H and O–H groups in total. The Kier molecular flexibility index (Phi) is 15.1. The molecule has 0 aromatic rings. The highest BCUT2D eigenvalue weighted by molar-refractivity contribution is 5.80. The van der Waals surface area contributed by atoms with E-state index in [1.54, 1.807) is 13.8 Å². The summed E-state index contributed by atoms with van der Waals surface area (Å²) in [6.07, 6.45) is 15.5. The molecule has 1 amide bonds. The van der Waals surface area contributed by atoms with E-state index >= 15 is 0 Å². The van der Waals surface area contributed by atoms with Crippen LogP contribution in [0.1, 0.15) is 117 Å². The molecule has 0 radical (unpaired) electrons. The maximum absolute atomic E-state index is 12.0. The Hall–Kier alpha value is -0.610. The molecule has 0 aliphatic rings. The van der Waals surface area contributed by atoms with Gasteiger partial charge in [0.25, 0.3) is 0 Å². The van der Waals surface area contributed by atoms with Crippen LogP contribution >= 0.6 is 0 Å². The summed E-state index contributed by atoms with van der Waals surface area (Å²) in [6, 6.07) is 0. The molecular weight excluding hydrogens is 326 g/mol. The third-order valence-corrected chi connectivity index (χ3v) is 5.40. The number of carbonyl (C=O) groups excluding carboxylic acids is 1. The average molecular weight is 372 g/mol. The van der Waals surface area contributed by atoms with Crippen molar-refractivity contribution in [2.45, 2.75) is 129 Å². The summed E-state index contributed by atoms with van der Waals surface area (Å²) in [5, 5.41) is 19.5. The van der Waals surface area contributed by atoms with Crippen LogP contribution < -0.4 is 5.73 Å². The van der Waals surface area contributed by atoms with Crippen molar-refractivity contribution in [1.82, 2.24) is 0 Å². The Morgan fingerprint density at radius 2 is 1.12 bits per heavy atom. The van der Waals surface area contributed by atoms with Gasteiger partial charge in [-0.05, 0) is 33.1 Å². The highest BCUT2D eigenvalue weighted by Gasteiger charge is 2.38. The second-order valence-electron chi connectivity index (χ2n) is 8.39. The van der Waals surface area contributed by atoms with E-state index in [1.807, 2.05) is 0 Å². The largest absolute Gasteiger partial charge is 0.393 e. The molecule has 0 saturated carbocycles. The van der Waals surface area contributed by atoms with Crippen molar-refractivity contribution >= 4 is 5.91 Å². The lowest BCUT2D eigenvalue weighted by Crippen LogP contribution is -2.41. The first-order valence-electron chi connectivity index (χ1n) is 11.0. The summed E-state index contributed by atoms with van der Waals surface area (Å²) >= 11 is 0. The molecular formula is C22H45NO3. The minimum Gasteiger partial charge on any atom is -0.393 e. The summed E-state index contributed by atoms with van der Waals surface area (Å²) in [7, 11) is 0. The van der Waals surface area contributed by atoms with Gasteiger partial charge in [-0.25, -0.2) is 0 Å². The number of hydrogen-bond acceptors (Lipinski definition) is 3. The molecule has 0 aliphatic carbocycles. The number of aliphatic hydroxyl groups is 2. The minimum atomic E-state index is -0.777. The fourth-order valence-electron chi connectivity index (χ4n) is 4.05. The SMILES string of the molecule is CCCCCCCCCCCCCCC(CC(C)O)(CC(C)O)C(N)=O. The van der Waals surface area contributed by atoms with Crippen LogP contribution in [-0.2, 0) is 4.79 Å². The predicted molar refractivity (Wildman–Crippen MR) is 110 cm³/mol. The molecule has 2 unspecified atom stereocenters. The smallest absolute Gasteiger partial charge is 0.223 e. The first kappa shape index (κ1) is 25.4. The molecule has 26 heavy (non-hydrogen) atoms. The van der Waals surface area contributed by atoms with Crippen LogP contribution in [-0.4, -0.2) is 28.3 Å². The van der Waals surface area contributed by atoms with Crippen molar-refractivity contribution in [3.8, 4) is 0 Å². The van der Waals surface area contributed by atoms with E-state index in [-0.39, 0.29) is 5.91 Å². The molecule has 0 aromatic carbocycles. The number of rotatable bonds is 18. The van der Waals surface area contributed by atoms with Crippen LogP contribution in [0.25, 0.3) is 0 Å². The third-order valence-electron chi connectivity index (χ3n) is 5.40. The fraction of sp³-hybridized carbons (Fsp3) is 0.955. The van der Waals surface area contributed by atoms with Gasteiger partial charge >= 0.3 is 0 Å². The van der Waals surface area contributed by atoms with Crippen LogP contribution in [0.2, 0.25) is 0 Å². The zero-order valence-electron chi connectivity index (χ0n) is 17.6. The summed E-state index contributed by atoms with van der Waals surface area (Å²) in [5.74, 6) is -0.387. The summed E-state index contributed by atoms with van der Waals surface area (Å²) < 4.78 is 0. The lowest BCUT2D eigenvalue weighted by Gasteiger charge is -2.33. The molecule has 156 valence electrons. The van der Waals surface area contributed by atoms with Gasteiger partial charge in [0, 0.05) is 0 Å². The Morgan fingerprint density at radius 3 is 1.42 bits per heavy atom. The number of carbonyl (C=O) groups is 1. The Labute approximate surface area is 161 Å². The minimum absolute atomic E-state index is 0.339. The molecule has 0 spiro atoms. The first-order chi connectivity index (χ1) is 12.3. The fourth-order valence-corrected chi connectivity index (χ4v) is 4.05. The standard InChI is InChI=1S/C22H45NO3/c1-4-5-6-7-8-9-10-11-12-13-14-15-16-22(21(23)26,17-19(2)24)18-20(3)25/h19-20,24-25H,4-18H2,1-3H3,(H2,23,26). The molecule has 0 rings (SSSR count). The number of unbranched alkanes of at least 4 members (excludes halogenated alkanes) is 11. The summed E-state index contributed by atoms with van der Waals surface area (Å²) in [4.78, 5) is 12.0. The number of nitrogens with two attached hydrogens (primary N) is 1. The first-order valence-corrected chi connectivity index (χ1v) is 11.0. The van der Waals surface area contributed by atoms with Gasteiger partial charge in [-0.15, -0.1) is 0 Å². The highest BCUT2D eigenvalue weighted by atomic mass is 16.3. The van der Waals surface area contributed by atoms with Gasteiger partial charge in [-0.1, -0.05) is 84.0 Å². The quantitative estimate of drug-likeness (QED) is 0.293. The zero-order valence-corrected chi connectivity index (χ0v) is 17.6. The van der Waals surface area contributed by atoms with E-state index in [2.05, 4.69) is 6.92 Å². The summed E-state index contributed by atoms with van der Waals surface area (Å²) in [6.45, 7) is 5.62. The Bertz CT molecular complexity index is 332. The van der Waals surface area contributed by atoms with Crippen LogP contribution in [0, 0.1) is 5.41 Å². The molecule has 0 saturated heterocycles. The van der Waals surface area contributed by atoms with Crippen molar-refractivity contribution in [1.29, 1.82) is 0 Å². The lowest BCUT2D eigenvalue weighted by molar-refractivity contribution is -0.132. The second kappa shape index (κ2) is 15.4. The van der Waals surface area contributed by atoms with Gasteiger partial charge in [0.15, 0.2) is 0 Å². The number of amides is 1. The van der Waals surface area contributed by atoms with Gasteiger partial charge in [-0.3, -0.25) is 4.79 Å². The van der Waals surface area contributed by atoms with Crippen molar-refractivity contribution in [2.24, 2.45) is 11.1 Å². The number of primary amides is 1. The molecule has 0 heterocycles. The van der Waals surface area contributed by atoms with E-state index in [0.717, 1.165) is 12.8 Å². The molecule has 0 aliphatic heterocycles. The normalized spacial score (nSPS) is 16.2. The molecule has 2 atom stereocenters. The Balaban J connectivity index is 3.93. The summed E-state index contributed by atoms with van der Waals surface area (Å²) in [5.41, 5.74) is 4.87. The number of aliphatic hydroxyl groups excluding tert-OH is 2. The molecule has 0 aromatic heterocycles. The van der Waals surface area contributed by atoms with Gasteiger partial charge in [0.05, 0.1) is 17.6 Å². The molecule has 0 bridgehead atoms. The highest BCUT2D eigenvalue weighted by Crippen LogP contribution is 2.35. The van der Waals surface area contributed by atoms with Gasteiger partial charge in [-0.2, -0.15) is 0 Å². The van der Waals surface area contributed by atoms with Gasteiger partial charge in [0.2, 0.25) is 5.91 Å². The van der Waals surface area contributed by atoms with Crippen LogP contribution in [0.3, 0.4) is 0 Å². The Morgan fingerprint density at radius 1 is 0.769 bits per heavy atom. The third kappa shape index (κ3) is 12.7. The van der Waals surface area contributed by atoms with E-state index in [9.17, 15) is 15.0 Å². The van der Waals surface area contributed by atoms with E-state index in [1.165, 1.54) is 64.2 Å². The maximum Gasteiger partial charge on any atom is 0.223 e. The van der Waals surface area contributed by atoms with Crippen LogP contribution in [0.4, 0.5) is 0 Å². The van der Waals surface area contributed by atoms with E-state index in [4.69, 9.17) is 5.73 Å².